The zero-order chi connectivity index (χ0) is 20.0. The van der Waals surface area contributed by atoms with Crippen molar-refractivity contribution in [1.82, 2.24) is 0 Å². The molecule has 0 bridgehead atoms. The maximum absolute atomic E-state index is 11.9. The van der Waals surface area contributed by atoms with E-state index in [1.165, 1.54) is 0 Å². The van der Waals surface area contributed by atoms with Crippen molar-refractivity contribution in [3.8, 4) is 12.0 Å². The first-order valence-electron chi connectivity index (χ1n) is 9.29. The highest BCUT2D eigenvalue weighted by molar-refractivity contribution is 6.67. The SMILES string of the molecule is CC(C)(C)OC(=O)CCC(C#N)c1ccc(N2CCB(C#N)CC2)cc1Cl. The van der Waals surface area contributed by atoms with Gasteiger partial charge in [-0.2, -0.15) is 5.26 Å². The third kappa shape index (κ3) is 6.19. The van der Waals surface area contributed by atoms with Crippen LogP contribution in [0.2, 0.25) is 17.7 Å². The van der Waals surface area contributed by atoms with Crippen LogP contribution in [-0.4, -0.2) is 31.4 Å². The van der Waals surface area contributed by atoms with Gasteiger partial charge in [0.25, 0.3) is 6.71 Å². The number of benzene rings is 1. The number of carbonyl (C=O) groups is 1. The molecule has 1 fully saturated rings. The Balaban J connectivity index is 2.02. The minimum atomic E-state index is -0.530. The summed E-state index contributed by atoms with van der Waals surface area (Å²) in [4.78, 5) is 14.1. The van der Waals surface area contributed by atoms with Crippen LogP contribution in [0.1, 0.15) is 45.1 Å². The number of halogens is 1. The summed E-state index contributed by atoms with van der Waals surface area (Å²) < 4.78 is 5.30. The number of nitrogens with zero attached hydrogens (tertiary/aromatic N) is 3. The molecule has 142 valence electrons. The minimum absolute atomic E-state index is 0.131. The smallest absolute Gasteiger partial charge is 0.306 e. The zero-order valence-electron chi connectivity index (χ0n) is 16.2. The Hall–Kier alpha value is -2.18. The standard InChI is InChI=1S/C20H25BClN3O2/c1-20(2,3)27-19(26)7-4-15(13-23)17-6-5-16(12-18(17)22)25-10-8-21(14-24)9-11-25/h5-6,12,15H,4,7-11H2,1-3H3. The highest BCUT2D eigenvalue weighted by Crippen LogP contribution is 2.32. The van der Waals surface area contributed by atoms with Gasteiger partial charge in [-0.3, -0.25) is 4.79 Å². The van der Waals surface area contributed by atoms with Crippen molar-refractivity contribution in [2.24, 2.45) is 0 Å². The van der Waals surface area contributed by atoms with E-state index in [1.54, 1.807) is 0 Å². The van der Waals surface area contributed by atoms with Crippen LogP contribution in [0.3, 0.4) is 0 Å². The van der Waals surface area contributed by atoms with E-state index in [4.69, 9.17) is 21.6 Å². The maximum Gasteiger partial charge on any atom is 0.306 e. The Morgan fingerprint density at radius 1 is 1.33 bits per heavy atom. The Morgan fingerprint density at radius 3 is 2.52 bits per heavy atom. The van der Waals surface area contributed by atoms with Crippen molar-refractivity contribution in [2.45, 2.75) is 57.8 Å². The fraction of sp³-hybridized carbons (Fsp3) is 0.550. The van der Waals surface area contributed by atoms with Gasteiger partial charge >= 0.3 is 5.97 Å². The second kappa shape index (κ2) is 9.15. The van der Waals surface area contributed by atoms with E-state index in [9.17, 15) is 10.1 Å². The normalized spacial score (nSPS) is 15.6. The molecule has 1 unspecified atom stereocenters. The zero-order valence-corrected chi connectivity index (χ0v) is 16.9. The highest BCUT2D eigenvalue weighted by Gasteiger charge is 2.24. The fourth-order valence-electron chi connectivity index (χ4n) is 3.21. The van der Waals surface area contributed by atoms with Crippen LogP contribution < -0.4 is 4.90 Å². The molecule has 0 spiro atoms. The van der Waals surface area contributed by atoms with Gasteiger partial charge < -0.3 is 9.64 Å². The number of carbonyl (C=O) groups excluding carboxylic acids is 1. The topological polar surface area (TPSA) is 77.1 Å². The molecule has 0 amide bonds. The van der Waals surface area contributed by atoms with E-state index in [2.05, 4.69) is 16.9 Å². The number of nitriles is 2. The van der Waals surface area contributed by atoms with Crippen LogP contribution in [0.25, 0.3) is 0 Å². The maximum atomic E-state index is 11.9. The van der Waals surface area contributed by atoms with Crippen molar-refractivity contribution in [1.29, 1.82) is 10.5 Å². The third-order valence-corrected chi connectivity index (χ3v) is 4.94. The second-order valence-corrected chi connectivity index (χ2v) is 8.31. The van der Waals surface area contributed by atoms with Crippen molar-refractivity contribution < 1.29 is 9.53 Å². The Bertz CT molecular complexity index is 756. The summed E-state index contributed by atoms with van der Waals surface area (Å²) in [6.45, 7) is 7.25. The number of ether oxygens (including phenoxy) is 1. The van der Waals surface area contributed by atoms with Gasteiger partial charge in [0, 0.05) is 36.2 Å². The molecule has 0 saturated carbocycles. The van der Waals surface area contributed by atoms with Gasteiger partial charge in [-0.1, -0.05) is 17.7 Å². The number of rotatable bonds is 5. The van der Waals surface area contributed by atoms with E-state index in [1.807, 2.05) is 39.0 Å². The Morgan fingerprint density at radius 2 is 2.00 bits per heavy atom. The van der Waals surface area contributed by atoms with Crippen LogP contribution in [-0.2, 0) is 9.53 Å². The first-order valence-corrected chi connectivity index (χ1v) is 9.66. The van der Waals surface area contributed by atoms with E-state index >= 15 is 0 Å². The molecular weight excluding hydrogens is 361 g/mol. The molecule has 7 heteroatoms. The Labute approximate surface area is 166 Å². The third-order valence-electron chi connectivity index (χ3n) is 4.62. The predicted octanol–water partition coefficient (Wildman–Crippen LogP) is 4.45. The molecule has 1 atom stereocenters. The molecule has 2 rings (SSSR count). The van der Waals surface area contributed by atoms with Gasteiger partial charge in [-0.05, 0) is 57.5 Å². The van der Waals surface area contributed by atoms with Gasteiger partial charge in [-0.25, -0.2) is 5.26 Å². The summed E-state index contributed by atoms with van der Waals surface area (Å²) in [5, 5.41) is 19.1. The monoisotopic (exact) mass is 385 g/mol. The summed E-state index contributed by atoms with van der Waals surface area (Å²) in [6, 6.07) is 7.96. The molecule has 1 aliphatic rings. The van der Waals surface area contributed by atoms with Gasteiger partial charge in [-0.15, -0.1) is 0 Å². The van der Waals surface area contributed by atoms with Gasteiger partial charge in [0.15, 0.2) is 0 Å². The van der Waals surface area contributed by atoms with Crippen molar-refractivity contribution in [2.75, 3.05) is 18.0 Å². The number of hydrogen-bond donors (Lipinski definition) is 0. The molecule has 1 saturated heterocycles. The first-order chi connectivity index (χ1) is 12.7. The highest BCUT2D eigenvalue weighted by atomic mass is 35.5. The summed E-state index contributed by atoms with van der Waals surface area (Å²) in [5.41, 5.74) is 1.21. The van der Waals surface area contributed by atoms with Gasteiger partial charge in [0.05, 0.1) is 12.0 Å². The molecule has 1 aromatic rings. The van der Waals surface area contributed by atoms with Crippen LogP contribution in [0.15, 0.2) is 18.2 Å². The van der Waals surface area contributed by atoms with Crippen molar-refractivity contribution in [3.63, 3.8) is 0 Å². The molecule has 1 aliphatic heterocycles. The van der Waals surface area contributed by atoms with E-state index in [0.717, 1.165) is 37.0 Å². The van der Waals surface area contributed by atoms with E-state index < -0.39 is 11.5 Å². The second-order valence-electron chi connectivity index (χ2n) is 7.90. The summed E-state index contributed by atoms with van der Waals surface area (Å²) >= 11 is 6.45. The average Bonchev–Trinajstić information content (AvgIpc) is 2.62. The largest absolute Gasteiger partial charge is 0.460 e. The van der Waals surface area contributed by atoms with Gasteiger partial charge in [0.2, 0.25) is 0 Å². The fourth-order valence-corrected chi connectivity index (χ4v) is 3.51. The Kier molecular flexibility index (Phi) is 7.16. The lowest BCUT2D eigenvalue weighted by molar-refractivity contribution is -0.154. The number of hydrogen-bond acceptors (Lipinski definition) is 5. The number of esters is 1. The average molecular weight is 386 g/mol. The van der Waals surface area contributed by atoms with E-state index in [-0.39, 0.29) is 19.1 Å². The lowest BCUT2D eigenvalue weighted by Gasteiger charge is -2.30. The van der Waals surface area contributed by atoms with Crippen molar-refractivity contribution in [3.05, 3.63) is 28.8 Å². The predicted molar refractivity (Wildman–Crippen MR) is 108 cm³/mol. The molecule has 1 heterocycles. The van der Waals surface area contributed by atoms with Crippen LogP contribution in [0, 0.1) is 22.6 Å². The first kappa shape index (κ1) is 21.1. The van der Waals surface area contributed by atoms with Crippen LogP contribution in [0.5, 0.6) is 0 Å². The van der Waals surface area contributed by atoms with E-state index in [0.29, 0.717) is 11.4 Å². The quantitative estimate of drug-likeness (QED) is 0.553. The minimum Gasteiger partial charge on any atom is -0.460 e. The summed E-state index contributed by atoms with van der Waals surface area (Å²) in [6.07, 6.45) is 2.26. The molecule has 0 aliphatic carbocycles. The molecule has 0 aromatic heterocycles. The molecular formula is C20H25BClN3O2. The summed E-state index contributed by atoms with van der Waals surface area (Å²) in [7, 11) is 0. The van der Waals surface area contributed by atoms with Crippen LogP contribution >= 0.6 is 11.6 Å². The molecule has 0 N–H and O–H groups in total. The van der Waals surface area contributed by atoms with Crippen LogP contribution in [0.4, 0.5) is 5.69 Å². The van der Waals surface area contributed by atoms with Crippen molar-refractivity contribution >= 4 is 30.0 Å². The molecule has 27 heavy (non-hydrogen) atoms. The van der Waals surface area contributed by atoms with Gasteiger partial charge in [0.1, 0.15) is 5.60 Å². The summed E-state index contributed by atoms with van der Waals surface area (Å²) in [5.74, 6) is 1.56. The number of anilines is 1. The molecule has 0 radical (unpaired) electrons. The lowest BCUT2D eigenvalue weighted by atomic mass is 9.45. The lowest BCUT2D eigenvalue weighted by Crippen LogP contribution is -2.36. The molecule has 5 nitrogen and oxygen atoms in total. The molecule has 1 aromatic carbocycles.